The first-order valence-electron chi connectivity index (χ1n) is 5.93. The maximum absolute atomic E-state index is 11.5. The fourth-order valence-electron chi connectivity index (χ4n) is 2.34. The second-order valence-corrected chi connectivity index (χ2v) is 7.33. The molecule has 1 unspecified atom stereocenters. The summed E-state index contributed by atoms with van der Waals surface area (Å²) < 4.78 is 31.5. The number of benzene rings is 1. The van der Waals surface area contributed by atoms with E-state index >= 15 is 0 Å². The number of sulfonamides is 1. The van der Waals surface area contributed by atoms with Crippen molar-refractivity contribution in [3.8, 4) is 5.75 Å². The van der Waals surface area contributed by atoms with Gasteiger partial charge in [0.25, 0.3) is 0 Å². The van der Waals surface area contributed by atoms with E-state index in [1.165, 1.54) is 6.26 Å². The van der Waals surface area contributed by atoms with Crippen LogP contribution in [0.1, 0.15) is 37.4 Å². The second kappa shape index (κ2) is 4.24. The van der Waals surface area contributed by atoms with Crippen molar-refractivity contribution < 1.29 is 13.2 Å². The molecule has 0 fully saturated rings. The zero-order valence-corrected chi connectivity index (χ0v) is 12.0. The molecule has 0 saturated heterocycles. The fourth-order valence-corrected chi connectivity index (χ4v) is 3.06. The van der Waals surface area contributed by atoms with Gasteiger partial charge in [0.1, 0.15) is 11.4 Å². The molecule has 0 bridgehead atoms. The molecule has 0 aromatic heterocycles. The van der Waals surface area contributed by atoms with Gasteiger partial charge in [0, 0.05) is 12.0 Å². The Bertz CT molecular complexity index is 564. The highest BCUT2D eigenvalue weighted by Gasteiger charge is 2.34. The van der Waals surface area contributed by atoms with Gasteiger partial charge in [-0.05, 0) is 26.8 Å². The van der Waals surface area contributed by atoms with E-state index < -0.39 is 10.0 Å². The molecule has 1 N–H and O–H groups in total. The molecular weight excluding hydrogens is 250 g/mol. The van der Waals surface area contributed by atoms with Crippen LogP contribution in [0.2, 0.25) is 0 Å². The van der Waals surface area contributed by atoms with E-state index in [1.54, 1.807) is 0 Å². The average molecular weight is 269 g/mol. The van der Waals surface area contributed by atoms with E-state index in [9.17, 15) is 8.42 Å². The van der Waals surface area contributed by atoms with Crippen LogP contribution in [-0.2, 0) is 10.0 Å². The first kappa shape index (κ1) is 13.4. The molecule has 5 heteroatoms. The summed E-state index contributed by atoms with van der Waals surface area (Å²) in [5.74, 6) is 0.762. The number of fused-ring (bicyclic) bond motifs is 1. The molecule has 0 aliphatic carbocycles. The Morgan fingerprint density at radius 2 is 2.06 bits per heavy atom. The summed E-state index contributed by atoms with van der Waals surface area (Å²) >= 11 is 0. The van der Waals surface area contributed by atoms with Gasteiger partial charge in [-0.25, -0.2) is 13.1 Å². The summed E-state index contributed by atoms with van der Waals surface area (Å²) in [6.07, 6.45) is 1.81. The van der Waals surface area contributed by atoms with E-state index in [4.69, 9.17) is 4.74 Å². The SMILES string of the molecule is Cc1ccc2c(c1)C(NS(C)(=O)=O)CC(C)(C)O2. The quantitative estimate of drug-likeness (QED) is 0.895. The maximum atomic E-state index is 11.5. The Morgan fingerprint density at radius 3 is 2.67 bits per heavy atom. The van der Waals surface area contributed by atoms with Crippen LogP contribution in [0.25, 0.3) is 0 Å². The highest BCUT2D eigenvalue weighted by Crippen LogP contribution is 2.40. The van der Waals surface area contributed by atoms with Gasteiger partial charge < -0.3 is 4.74 Å². The first-order chi connectivity index (χ1) is 8.16. The number of aryl methyl sites for hydroxylation is 1. The summed E-state index contributed by atoms with van der Waals surface area (Å²) in [6.45, 7) is 5.91. The largest absolute Gasteiger partial charge is 0.487 e. The van der Waals surface area contributed by atoms with E-state index in [2.05, 4.69) is 4.72 Å². The molecule has 4 nitrogen and oxygen atoms in total. The van der Waals surface area contributed by atoms with Crippen LogP contribution in [0.15, 0.2) is 18.2 Å². The Morgan fingerprint density at radius 1 is 1.39 bits per heavy atom. The Balaban J connectivity index is 2.45. The maximum Gasteiger partial charge on any atom is 0.209 e. The van der Waals surface area contributed by atoms with Crippen molar-refractivity contribution in [3.05, 3.63) is 29.3 Å². The van der Waals surface area contributed by atoms with Crippen LogP contribution in [0.4, 0.5) is 0 Å². The van der Waals surface area contributed by atoms with Gasteiger partial charge >= 0.3 is 0 Å². The smallest absolute Gasteiger partial charge is 0.209 e. The Hall–Kier alpha value is -1.07. The molecular formula is C13H19NO3S. The van der Waals surface area contributed by atoms with Crippen molar-refractivity contribution in [1.82, 2.24) is 4.72 Å². The monoisotopic (exact) mass is 269 g/mol. The van der Waals surface area contributed by atoms with Crippen LogP contribution in [-0.4, -0.2) is 20.3 Å². The number of ether oxygens (including phenoxy) is 1. The highest BCUT2D eigenvalue weighted by molar-refractivity contribution is 7.88. The molecule has 2 rings (SSSR count). The number of hydrogen-bond donors (Lipinski definition) is 1. The lowest BCUT2D eigenvalue weighted by atomic mass is 9.89. The molecule has 1 aliphatic rings. The minimum Gasteiger partial charge on any atom is -0.487 e. The third-order valence-corrected chi connectivity index (χ3v) is 3.69. The number of nitrogens with one attached hydrogen (secondary N) is 1. The van der Waals surface area contributed by atoms with E-state index in [1.807, 2.05) is 39.0 Å². The molecule has 18 heavy (non-hydrogen) atoms. The summed E-state index contributed by atoms with van der Waals surface area (Å²) in [7, 11) is -3.24. The van der Waals surface area contributed by atoms with Crippen molar-refractivity contribution in [2.45, 2.75) is 38.8 Å². The van der Waals surface area contributed by atoms with Crippen LogP contribution in [0.3, 0.4) is 0 Å². The molecule has 1 aliphatic heterocycles. The highest BCUT2D eigenvalue weighted by atomic mass is 32.2. The average Bonchev–Trinajstić information content (AvgIpc) is 2.15. The summed E-state index contributed by atoms with van der Waals surface area (Å²) in [4.78, 5) is 0. The summed E-state index contributed by atoms with van der Waals surface area (Å²) in [5, 5.41) is 0. The Labute approximate surface area is 108 Å². The minimum atomic E-state index is -3.24. The predicted molar refractivity (Wildman–Crippen MR) is 71.2 cm³/mol. The standard InChI is InChI=1S/C13H19NO3S/c1-9-5-6-12-10(7-9)11(14-18(4,15)16)8-13(2,3)17-12/h5-7,11,14H,8H2,1-4H3. The van der Waals surface area contributed by atoms with E-state index in [0.29, 0.717) is 6.42 Å². The van der Waals surface area contributed by atoms with Crippen LogP contribution in [0.5, 0.6) is 5.75 Å². The lowest BCUT2D eigenvalue weighted by Crippen LogP contribution is -2.41. The number of rotatable bonds is 2. The third-order valence-electron chi connectivity index (χ3n) is 2.98. The fraction of sp³-hybridized carbons (Fsp3) is 0.538. The molecule has 100 valence electrons. The van der Waals surface area contributed by atoms with Gasteiger partial charge in [-0.2, -0.15) is 0 Å². The van der Waals surface area contributed by atoms with Crippen LogP contribution in [0, 0.1) is 6.92 Å². The van der Waals surface area contributed by atoms with Crippen molar-refractivity contribution in [3.63, 3.8) is 0 Å². The molecule has 0 amide bonds. The van der Waals surface area contributed by atoms with Gasteiger partial charge in [-0.3, -0.25) is 0 Å². The topological polar surface area (TPSA) is 55.4 Å². The van der Waals surface area contributed by atoms with Crippen LogP contribution < -0.4 is 9.46 Å². The van der Waals surface area contributed by atoms with Crippen LogP contribution >= 0.6 is 0 Å². The molecule has 1 aromatic rings. The van der Waals surface area contributed by atoms with Crippen molar-refractivity contribution in [2.24, 2.45) is 0 Å². The first-order valence-corrected chi connectivity index (χ1v) is 7.82. The normalized spacial score (nSPS) is 22.1. The van der Waals surface area contributed by atoms with Gasteiger partial charge in [-0.1, -0.05) is 17.7 Å². The predicted octanol–water partition coefficient (Wildman–Crippen LogP) is 2.15. The molecule has 0 radical (unpaired) electrons. The zero-order valence-electron chi connectivity index (χ0n) is 11.1. The molecule has 1 aromatic carbocycles. The zero-order chi connectivity index (χ0) is 13.6. The molecule has 0 spiro atoms. The van der Waals surface area contributed by atoms with Crippen molar-refractivity contribution in [2.75, 3.05) is 6.26 Å². The van der Waals surface area contributed by atoms with E-state index in [-0.39, 0.29) is 11.6 Å². The van der Waals surface area contributed by atoms with Gasteiger partial charge in [0.2, 0.25) is 10.0 Å². The number of hydrogen-bond acceptors (Lipinski definition) is 3. The third kappa shape index (κ3) is 3.03. The van der Waals surface area contributed by atoms with E-state index in [0.717, 1.165) is 16.9 Å². The molecule has 0 saturated carbocycles. The molecule has 1 atom stereocenters. The van der Waals surface area contributed by atoms with Gasteiger partial charge in [0.15, 0.2) is 0 Å². The lowest BCUT2D eigenvalue weighted by molar-refractivity contribution is 0.0702. The Kier molecular flexibility index (Phi) is 3.15. The molecule has 1 heterocycles. The minimum absolute atomic E-state index is 0.223. The second-order valence-electron chi connectivity index (χ2n) is 5.55. The summed E-state index contributed by atoms with van der Waals surface area (Å²) in [6, 6.07) is 5.63. The summed E-state index contributed by atoms with van der Waals surface area (Å²) in [5.41, 5.74) is 1.64. The van der Waals surface area contributed by atoms with Gasteiger partial charge in [-0.15, -0.1) is 0 Å². The van der Waals surface area contributed by atoms with Crippen molar-refractivity contribution in [1.29, 1.82) is 0 Å². The van der Waals surface area contributed by atoms with Crippen molar-refractivity contribution >= 4 is 10.0 Å². The van der Waals surface area contributed by atoms with Gasteiger partial charge in [0.05, 0.1) is 12.3 Å². The lowest BCUT2D eigenvalue weighted by Gasteiger charge is -2.37.